The number of piperazine rings is 1. The summed E-state index contributed by atoms with van der Waals surface area (Å²) in [6, 6.07) is 19.4. The number of benzene rings is 2. The van der Waals surface area contributed by atoms with E-state index in [9.17, 15) is 0 Å². The molecule has 1 aromatic heterocycles. The Labute approximate surface area is 173 Å². The zero-order valence-corrected chi connectivity index (χ0v) is 17.7. The van der Waals surface area contributed by atoms with E-state index in [1.807, 2.05) is 30.3 Å². The molecule has 0 unspecified atom stereocenters. The van der Waals surface area contributed by atoms with Gasteiger partial charge in [0.1, 0.15) is 32.7 Å². The van der Waals surface area contributed by atoms with Gasteiger partial charge in [-0.1, -0.05) is 56.3 Å². The highest BCUT2D eigenvalue weighted by molar-refractivity contribution is 5.51. The monoisotopic (exact) mass is 392 g/mol. The maximum absolute atomic E-state index is 5.99. The lowest BCUT2D eigenvalue weighted by molar-refractivity contribution is -1.03. The van der Waals surface area contributed by atoms with Crippen LogP contribution in [0.3, 0.4) is 0 Å². The Balaban J connectivity index is 1.32. The molecule has 2 N–H and O–H groups in total. The van der Waals surface area contributed by atoms with Crippen LogP contribution in [0.4, 0.5) is 0 Å². The minimum absolute atomic E-state index is 0.229. The molecule has 5 heteroatoms. The van der Waals surface area contributed by atoms with Crippen LogP contribution >= 0.6 is 0 Å². The second-order valence-corrected chi connectivity index (χ2v) is 8.51. The van der Waals surface area contributed by atoms with Crippen LogP contribution in [0.5, 0.6) is 0 Å². The molecule has 1 saturated heterocycles. The predicted molar refractivity (Wildman–Crippen MR) is 114 cm³/mol. The van der Waals surface area contributed by atoms with Crippen LogP contribution in [0.1, 0.15) is 49.7 Å². The van der Waals surface area contributed by atoms with Crippen molar-refractivity contribution in [3.63, 3.8) is 0 Å². The van der Waals surface area contributed by atoms with Gasteiger partial charge in [0.25, 0.3) is 5.89 Å². The number of rotatable bonds is 6. The third kappa shape index (κ3) is 4.74. The van der Waals surface area contributed by atoms with Gasteiger partial charge < -0.3 is 14.2 Å². The molecule has 0 radical (unpaired) electrons. The Morgan fingerprint density at radius 1 is 0.862 bits per heavy atom. The quantitative estimate of drug-likeness (QED) is 0.674. The largest absolute Gasteiger partial charge is 0.415 e. The first kappa shape index (κ1) is 19.8. The first-order chi connectivity index (χ1) is 14.1. The van der Waals surface area contributed by atoms with E-state index in [0.717, 1.165) is 31.1 Å². The van der Waals surface area contributed by atoms with Gasteiger partial charge in [-0.05, 0) is 30.5 Å². The average molecular weight is 393 g/mol. The third-order valence-corrected chi connectivity index (χ3v) is 6.14. The van der Waals surface area contributed by atoms with Crippen molar-refractivity contribution in [2.24, 2.45) is 0 Å². The molecule has 2 heterocycles. The van der Waals surface area contributed by atoms with Crippen molar-refractivity contribution >= 4 is 0 Å². The molecule has 1 aliphatic rings. The molecule has 0 amide bonds. The molecule has 152 valence electrons. The summed E-state index contributed by atoms with van der Waals surface area (Å²) in [5, 5.41) is 8.59. The van der Waals surface area contributed by atoms with Gasteiger partial charge in [0.05, 0.1) is 0 Å². The molecule has 0 spiro atoms. The van der Waals surface area contributed by atoms with E-state index in [1.165, 1.54) is 29.1 Å². The number of aromatic nitrogens is 2. The van der Waals surface area contributed by atoms with Gasteiger partial charge in [-0.2, -0.15) is 0 Å². The number of hydrogen-bond acceptors (Lipinski definition) is 3. The molecule has 3 aromatic rings. The Morgan fingerprint density at radius 3 is 2.21 bits per heavy atom. The number of nitrogens with zero attached hydrogens (tertiary/aromatic N) is 2. The van der Waals surface area contributed by atoms with Gasteiger partial charge >= 0.3 is 0 Å². The summed E-state index contributed by atoms with van der Waals surface area (Å²) in [6.45, 7) is 12.4. The highest BCUT2D eigenvalue weighted by Crippen LogP contribution is 2.19. The normalized spacial score (nSPS) is 20.7. The summed E-state index contributed by atoms with van der Waals surface area (Å²) in [6.07, 6.45) is 0. The minimum Gasteiger partial charge on any atom is -0.415 e. The van der Waals surface area contributed by atoms with Crippen LogP contribution in [0.2, 0.25) is 0 Å². The summed E-state index contributed by atoms with van der Waals surface area (Å²) in [4.78, 5) is 3.20. The molecule has 0 aliphatic carbocycles. The van der Waals surface area contributed by atoms with Gasteiger partial charge in [-0.25, -0.2) is 0 Å². The number of nitrogens with one attached hydrogen (secondary N) is 2. The maximum atomic E-state index is 5.99. The van der Waals surface area contributed by atoms with E-state index in [1.54, 1.807) is 4.90 Å². The van der Waals surface area contributed by atoms with Gasteiger partial charge in [-0.15, -0.1) is 10.2 Å². The molecule has 0 bridgehead atoms. The van der Waals surface area contributed by atoms with Crippen LogP contribution in [0.25, 0.3) is 11.5 Å². The lowest BCUT2D eigenvalue weighted by Gasteiger charge is -2.32. The van der Waals surface area contributed by atoms with E-state index in [-0.39, 0.29) is 6.04 Å². The van der Waals surface area contributed by atoms with Crippen molar-refractivity contribution in [2.45, 2.75) is 39.3 Å². The summed E-state index contributed by atoms with van der Waals surface area (Å²) in [5.41, 5.74) is 3.83. The zero-order valence-electron chi connectivity index (χ0n) is 17.7. The molecular weight excluding hydrogens is 360 g/mol. The fourth-order valence-electron chi connectivity index (χ4n) is 4.13. The molecule has 5 nitrogen and oxygen atoms in total. The van der Waals surface area contributed by atoms with E-state index < -0.39 is 0 Å². The molecule has 0 saturated carbocycles. The van der Waals surface area contributed by atoms with Crippen LogP contribution in [0, 0.1) is 0 Å². The first-order valence-electron chi connectivity index (χ1n) is 10.8. The zero-order chi connectivity index (χ0) is 20.2. The molecule has 4 rings (SSSR count). The van der Waals surface area contributed by atoms with Crippen LogP contribution in [0.15, 0.2) is 59.0 Å². The van der Waals surface area contributed by atoms with Gasteiger partial charge in [-0.3, -0.25) is 0 Å². The number of quaternary nitrogens is 2. The van der Waals surface area contributed by atoms with Crippen LogP contribution < -0.4 is 9.80 Å². The summed E-state index contributed by atoms with van der Waals surface area (Å²) in [7, 11) is 0. The second-order valence-electron chi connectivity index (χ2n) is 8.51. The van der Waals surface area contributed by atoms with Crippen molar-refractivity contribution < 1.29 is 14.2 Å². The molecule has 29 heavy (non-hydrogen) atoms. The van der Waals surface area contributed by atoms with Crippen LogP contribution in [-0.4, -0.2) is 36.4 Å². The van der Waals surface area contributed by atoms with Crippen molar-refractivity contribution in [1.29, 1.82) is 0 Å². The van der Waals surface area contributed by atoms with E-state index in [2.05, 4.69) is 55.2 Å². The van der Waals surface area contributed by atoms with Crippen molar-refractivity contribution in [3.8, 4) is 11.5 Å². The molecule has 1 fully saturated rings. The SMILES string of the molecule is CC(C)c1ccc(C[NH+]2CC[NH+]([C@@H](C)c3nnc(-c4ccccc4)o3)CC2)cc1. The Hall–Kier alpha value is -2.50. The van der Waals surface area contributed by atoms with Crippen molar-refractivity contribution in [3.05, 3.63) is 71.6 Å². The highest BCUT2D eigenvalue weighted by atomic mass is 16.4. The minimum atomic E-state index is 0.229. The predicted octanol–water partition coefficient (Wildman–Crippen LogP) is 1.90. The van der Waals surface area contributed by atoms with Gasteiger partial charge in [0, 0.05) is 11.1 Å². The Morgan fingerprint density at radius 2 is 1.55 bits per heavy atom. The van der Waals surface area contributed by atoms with Gasteiger partial charge in [0.2, 0.25) is 5.89 Å². The molecule has 2 aromatic carbocycles. The third-order valence-electron chi connectivity index (χ3n) is 6.14. The smallest absolute Gasteiger partial charge is 0.274 e. The maximum Gasteiger partial charge on any atom is 0.274 e. The van der Waals surface area contributed by atoms with Crippen molar-refractivity contribution in [2.75, 3.05) is 26.2 Å². The molecule has 1 atom stereocenters. The lowest BCUT2D eigenvalue weighted by Crippen LogP contribution is -3.27. The summed E-state index contributed by atoms with van der Waals surface area (Å²) in [5.74, 6) is 1.95. The topological polar surface area (TPSA) is 47.8 Å². The second kappa shape index (κ2) is 8.89. The standard InChI is InChI=1S/C24H30N4O/c1-18(2)21-11-9-20(10-12-21)17-27-13-15-28(16-14-27)19(3)23-25-26-24(29-23)22-7-5-4-6-8-22/h4-12,18-19H,13-17H2,1-3H3/p+2/t19-/m0/s1. The van der Waals surface area contributed by atoms with E-state index in [4.69, 9.17) is 4.42 Å². The Kier molecular flexibility index (Phi) is 6.07. The average Bonchev–Trinajstić information content (AvgIpc) is 3.25. The number of hydrogen-bond donors (Lipinski definition) is 2. The fourth-order valence-corrected chi connectivity index (χ4v) is 4.13. The Bertz CT molecular complexity index is 896. The fraction of sp³-hybridized carbons (Fsp3) is 0.417. The summed E-state index contributed by atoms with van der Waals surface area (Å²) < 4.78 is 5.99. The van der Waals surface area contributed by atoms with E-state index in [0.29, 0.717) is 11.8 Å². The van der Waals surface area contributed by atoms with Crippen LogP contribution in [-0.2, 0) is 6.54 Å². The van der Waals surface area contributed by atoms with Crippen molar-refractivity contribution in [1.82, 2.24) is 10.2 Å². The lowest BCUT2D eigenvalue weighted by atomic mass is 10.0. The molecular formula is C24H32N4O+2. The van der Waals surface area contributed by atoms with Gasteiger partial charge in [0.15, 0.2) is 6.04 Å². The summed E-state index contributed by atoms with van der Waals surface area (Å²) >= 11 is 0. The van der Waals surface area contributed by atoms with E-state index >= 15 is 0 Å². The molecule has 1 aliphatic heterocycles. The first-order valence-corrected chi connectivity index (χ1v) is 10.8. The highest BCUT2D eigenvalue weighted by Gasteiger charge is 2.31.